The maximum atomic E-state index is 13.4. The van der Waals surface area contributed by atoms with E-state index in [1.165, 1.54) is 6.92 Å². The number of aliphatic hydroxyl groups is 2. The van der Waals surface area contributed by atoms with Crippen molar-refractivity contribution in [3.05, 3.63) is 0 Å². The Morgan fingerprint density at radius 2 is 1.81 bits per heavy atom. The summed E-state index contributed by atoms with van der Waals surface area (Å²) in [5, 5.41) is 22.1. The Balaban J connectivity index is 1.60. The van der Waals surface area contributed by atoms with E-state index in [0.717, 1.165) is 0 Å². The van der Waals surface area contributed by atoms with Crippen LogP contribution in [-0.4, -0.2) is 58.8 Å². The molecule has 2 N–H and O–H groups in total. The van der Waals surface area contributed by atoms with Crippen LogP contribution in [0.1, 0.15) is 40.0 Å². The quantitative estimate of drug-likeness (QED) is 0.465. The Labute approximate surface area is 157 Å². The average molecular weight is 378 g/mol. The van der Waals surface area contributed by atoms with Gasteiger partial charge in [0.05, 0.1) is 18.8 Å². The average Bonchev–Trinajstić information content (AvgIpc) is 3.07. The molecule has 6 fully saturated rings. The van der Waals surface area contributed by atoms with E-state index in [-0.39, 0.29) is 23.9 Å². The molecule has 148 valence electrons. The van der Waals surface area contributed by atoms with Crippen LogP contribution in [0, 0.1) is 34.0 Å². The molecule has 10 atom stereocenters. The number of ether oxygens (including phenoxy) is 3. The Kier molecular flexibility index (Phi) is 2.77. The third kappa shape index (κ3) is 1.49. The lowest BCUT2D eigenvalue weighted by Crippen LogP contribution is -2.71. The molecule has 3 aliphatic carbocycles. The number of esters is 1. The summed E-state index contributed by atoms with van der Waals surface area (Å²) < 4.78 is 18.1. The highest BCUT2D eigenvalue weighted by Crippen LogP contribution is 2.74. The summed E-state index contributed by atoms with van der Waals surface area (Å²) in [7, 11) is 0. The van der Waals surface area contributed by atoms with Crippen LogP contribution in [0.25, 0.3) is 0 Å². The van der Waals surface area contributed by atoms with Gasteiger partial charge in [-0.1, -0.05) is 13.8 Å². The molecule has 7 nitrogen and oxygen atoms in total. The van der Waals surface area contributed by atoms with Crippen molar-refractivity contribution in [3.8, 4) is 0 Å². The van der Waals surface area contributed by atoms with Crippen molar-refractivity contribution in [2.24, 2.45) is 34.0 Å². The van der Waals surface area contributed by atoms with E-state index in [2.05, 4.69) is 13.8 Å². The SMILES string of the molecule is CC1(C)[C@H]2[C@H]3OC[C@@]24[C@H](C[C@H]1O3)OC(=O)[C@@]12C[C@@H](C[C@@H](O)[C@H]14)[C@](C)(O)C2=O. The van der Waals surface area contributed by atoms with Gasteiger partial charge in [-0.05, 0) is 31.1 Å². The molecule has 7 heteroatoms. The molecule has 3 saturated heterocycles. The fourth-order valence-electron chi connectivity index (χ4n) is 8.08. The highest BCUT2D eigenvalue weighted by molar-refractivity contribution is 6.11. The van der Waals surface area contributed by atoms with Gasteiger partial charge in [0, 0.05) is 23.7 Å². The minimum Gasteiger partial charge on any atom is -0.461 e. The second kappa shape index (κ2) is 4.42. The topological polar surface area (TPSA) is 102 Å². The minimum atomic E-state index is -1.62. The van der Waals surface area contributed by atoms with Gasteiger partial charge in [-0.3, -0.25) is 9.59 Å². The number of hydrogen-bond acceptors (Lipinski definition) is 7. The van der Waals surface area contributed by atoms with E-state index < -0.39 is 58.5 Å². The first-order valence-electron chi connectivity index (χ1n) is 10.0. The monoisotopic (exact) mass is 378 g/mol. The molecule has 0 unspecified atom stereocenters. The summed E-state index contributed by atoms with van der Waals surface area (Å²) in [6.07, 6.45) is -0.643. The number of Topliss-reactive ketones (excluding diaryl/α,β-unsaturated/α-hetero) is 1. The Morgan fingerprint density at radius 3 is 2.56 bits per heavy atom. The summed E-state index contributed by atoms with van der Waals surface area (Å²) in [4.78, 5) is 26.6. The lowest BCUT2D eigenvalue weighted by molar-refractivity contribution is -0.252. The van der Waals surface area contributed by atoms with Gasteiger partial charge in [-0.15, -0.1) is 0 Å². The van der Waals surface area contributed by atoms with Crippen LogP contribution in [0.5, 0.6) is 0 Å². The van der Waals surface area contributed by atoms with Gasteiger partial charge < -0.3 is 24.4 Å². The molecular weight excluding hydrogens is 352 g/mol. The highest BCUT2D eigenvalue weighted by Gasteiger charge is 2.83. The largest absolute Gasteiger partial charge is 0.461 e. The van der Waals surface area contributed by atoms with Crippen molar-refractivity contribution in [3.63, 3.8) is 0 Å². The van der Waals surface area contributed by atoms with E-state index in [4.69, 9.17) is 14.2 Å². The van der Waals surface area contributed by atoms with Gasteiger partial charge in [-0.2, -0.15) is 0 Å². The first-order chi connectivity index (χ1) is 12.6. The van der Waals surface area contributed by atoms with Gasteiger partial charge in [-0.25, -0.2) is 0 Å². The summed E-state index contributed by atoms with van der Waals surface area (Å²) in [6.45, 7) is 6.07. The smallest absolute Gasteiger partial charge is 0.320 e. The van der Waals surface area contributed by atoms with Gasteiger partial charge in [0.2, 0.25) is 0 Å². The fourth-order valence-corrected chi connectivity index (χ4v) is 8.08. The van der Waals surface area contributed by atoms with E-state index in [1.54, 1.807) is 0 Å². The number of hydrogen-bond donors (Lipinski definition) is 2. The molecule has 0 aromatic rings. The second-order valence-corrected chi connectivity index (χ2v) is 10.5. The minimum absolute atomic E-state index is 0.0618. The first-order valence-corrected chi connectivity index (χ1v) is 10.0. The summed E-state index contributed by atoms with van der Waals surface area (Å²) in [6, 6.07) is 0. The zero-order valence-electron chi connectivity index (χ0n) is 15.8. The maximum absolute atomic E-state index is 13.4. The summed E-state index contributed by atoms with van der Waals surface area (Å²) in [5.74, 6) is -2.16. The van der Waals surface area contributed by atoms with Crippen LogP contribution in [0.3, 0.4) is 0 Å². The molecule has 2 spiro atoms. The molecule has 27 heavy (non-hydrogen) atoms. The number of rotatable bonds is 0. The van der Waals surface area contributed by atoms with Crippen LogP contribution >= 0.6 is 0 Å². The Morgan fingerprint density at radius 1 is 1.07 bits per heavy atom. The van der Waals surface area contributed by atoms with Crippen molar-refractivity contribution in [2.45, 2.75) is 70.2 Å². The second-order valence-electron chi connectivity index (χ2n) is 10.5. The van der Waals surface area contributed by atoms with Crippen LogP contribution in [-0.2, 0) is 23.8 Å². The predicted octanol–water partition coefficient (Wildman–Crippen LogP) is 0.407. The van der Waals surface area contributed by atoms with Crippen molar-refractivity contribution < 1.29 is 34.0 Å². The lowest BCUT2D eigenvalue weighted by Gasteiger charge is -2.61. The van der Waals surface area contributed by atoms with Crippen LogP contribution < -0.4 is 0 Å². The van der Waals surface area contributed by atoms with Crippen LogP contribution in [0.15, 0.2) is 0 Å². The Bertz CT molecular complexity index is 774. The molecule has 0 aromatic heterocycles. The number of carbonyl (C=O) groups is 2. The predicted molar refractivity (Wildman–Crippen MR) is 89.1 cm³/mol. The molecule has 6 rings (SSSR count). The highest BCUT2D eigenvalue weighted by atomic mass is 16.7. The normalized spacial score (nSPS) is 62.2. The van der Waals surface area contributed by atoms with Crippen LogP contribution in [0.2, 0.25) is 0 Å². The third-order valence-corrected chi connectivity index (χ3v) is 9.17. The van der Waals surface area contributed by atoms with Crippen molar-refractivity contribution >= 4 is 11.8 Å². The van der Waals surface area contributed by atoms with Crippen molar-refractivity contribution in [2.75, 3.05) is 6.61 Å². The van der Waals surface area contributed by atoms with Gasteiger partial charge in [0.1, 0.15) is 17.1 Å². The molecule has 3 heterocycles. The summed E-state index contributed by atoms with van der Waals surface area (Å²) >= 11 is 0. The number of ketones is 1. The molecule has 4 bridgehead atoms. The third-order valence-electron chi connectivity index (χ3n) is 9.17. The van der Waals surface area contributed by atoms with E-state index in [9.17, 15) is 19.8 Å². The van der Waals surface area contributed by atoms with E-state index >= 15 is 0 Å². The van der Waals surface area contributed by atoms with Gasteiger partial charge >= 0.3 is 5.97 Å². The molecule has 3 aliphatic heterocycles. The van der Waals surface area contributed by atoms with Crippen molar-refractivity contribution in [1.82, 2.24) is 0 Å². The Hall–Kier alpha value is -1.02. The standard InChI is InChI=1S/C20H26O7/c1-17(2)10-5-11-20(7-25-14(26-10)13(17)20)12-9(21)4-8-6-19(12,16(23)27-11)15(22)18(8,3)24/h8-14,21,24H,4-7H2,1-3H3/t8-,9-,10-,11+,12-,13-,14+,18+,19+,20+/m1/s1. The van der Waals surface area contributed by atoms with E-state index in [0.29, 0.717) is 19.4 Å². The molecule has 0 aromatic carbocycles. The molecule has 6 aliphatic rings. The van der Waals surface area contributed by atoms with Crippen LogP contribution in [0.4, 0.5) is 0 Å². The molecular formula is C20H26O7. The maximum Gasteiger partial charge on any atom is 0.320 e. The molecule has 3 saturated carbocycles. The summed E-state index contributed by atoms with van der Waals surface area (Å²) in [5.41, 5.74) is -3.96. The van der Waals surface area contributed by atoms with Gasteiger partial charge in [0.25, 0.3) is 0 Å². The number of fused-ring (bicyclic) bond motifs is 2. The molecule has 0 amide bonds. The zero-order chi connectivity index (χ0) is 19.1. The number of carbonyl (C=O) groups excluding carboxylic acids is 2. The first kappa shape index (κ1) is 16.9. The number of aliphatic hydroxyl groups excluding tert-OH is 1. The zero-order valence-corrected chi connectivity index (χ0v) is 15.8. The fraction of sp³-hybridized carbons (Fsp3) is 0.900. The lowest BCUT2D eigenvalue weighted by atomic mass is 9.43. The van der Waals surface area contributed by atoms with Gasteiger partial charge in [0.15, 0.2) is 12.1 Å². The van der Waals surface area contributed by atoms with Crippen molar-refractivity contribution in [1.29, 1.82) is 0 Å². The molecule has 0 radical (unpaired) electrons. The van der Waals surface area contributed by atoms with E-state index in [1.807, 2.05) is 0 Å².